The number of nitrogens with one attached hydrogen (secondary N) is 2. The van der Waals surface area contributed by atoms with E-state index in [0.29, 0.717) is 37.2 Å². The van der Waals surface area contributed by atoms with Crippen LogP contribution in [0.25, 0.3) is 0 Å². The van der Waals surface area contributed by atoms with Gasteiger partial charge in [0.25, 0.3) is 0 Å². The first-order valence-electron chi connectivity index (χ1n) is 9.49. The van der Waals surface area contributed by atoms with Crippen LogP contribution in [0.3, 0.4) is 0 Å². The molecule has 28 heavy (non-hydrogen) atoms. The van der Waals surface area contributed by atoms with Gasteiger partial charge in [-0.15, -0.1) is 0 Å². The average molecular weight is 382 g/mol. The lowest BCUT2D eigenvalue weighted by Crippen LogP contribution is -2.32. The maximum atomic E-state index is 12.5. The lowest BCUT2D eigenvalue weighted by Gasteiger charge is -2.27. The minimum atomic E-state index is -0.0768. The molecule has 0 aliphatic heterocycles. The molecule has 2 aromatic carbocycles. The van der Waals surface area contributed by atoms with Gasteiger partial charge in [-0.3, -0.25) is 9.59 Å². The highest BCUT2D eigenvalue weighted by atomic mass is 16.5. The highest BCUT2D eigenvalue weighted by molar-refractivity contribution is 5.94. The molecule has 0 atom stereocenters. The van der Waals surface area contributed by atoms with Crippen LogP contribution in [0.4, 0.5) is 11.4 Å². The van der Waals surface area contributed by atoms with E-state index in [1.165, 1.54) is 0 Å². The van der Waals surface area contributed by atoms with E-state index < -0.39 is 0 Å². The van der Waals surface area contributed by atoms with E-state index in [1.807, 2.05) is 36.4 Å². The van der Waals surface area contributed by atoms with Gasteiger partial charge in [0.2, 0.25) is 11.8 Å². The van der Waals surface area contributed by atoms with Crippen molar-refractivity contribution in [1.82, 2.24) is 0 Å². The molecule has 0 bridgehead atoms. The monoisotopic (exact) mass is 382 g/mol. The summed E-state index contributed by atoms with van der Waals surface area (Å²) in [5, 5.41) is 5.90. The molecule has 1 saturated carbocycles. The molecule has 2 aromatic rings. The van der Waals surface area contributed by atoms with E-state index in [2.05, 4.69) is 10.6 Å². The standard InChI is InChI=1S/C22H26N2O4/c1-27-19-7-3-5-17(13-19)23-21(25)15-9-11-16(12-10-15)22(26)24-18-6-4-8-20(14-18)28-2/h3-8,13-16H,9-12H2,1-2H3,(H,23,25)(H,24,26). The quantitative estimate of drug-likeness (QED) is 0.789. The number of anilines is 2. The smallest absolute Gasteiger partial charge is 0.227 e. The molecule has 6 nitrogen and oxygen atoms in total. The Morgan fingerprint density at radius 2 is 1.14 bits per heavy atom. The maximum Gasteiger partial charge on any atom is 0.227 e. The molecule has 1 aliphatic rings. The van der Waals surface area contributed by atoms with Crippen molar-refractivity contribution in [3.63, 3.8) is 0 Å². The number of carbonyl (C=O) groups is 2. The first-order chi connectivity index (χ1) is 13.6. The molecule has 148 valence electrons. The van der Waals surface area contributed by atoms with E-state index >= 15 is 0 Å². The first-order valence-corrected chi connectivity index (χ1v) is 9.49. The fourth-order valence-corrected chi connectivity index (χ4v) is 3.51. The Bertz CT molecular complexity index is 759. The summed E-state index contributed by atoms with van der Waals surface area (Å²) in [5.41, 5.74) is 1.45. The third kappa shape index (κ3) is 5.03. The molecular weight excluding hydrogens is 356 g/mol. The van der Waals surface area contributed by atoms with E-state index in [-0.39, 0.29) is 23.7 Å². The van der Waals surface area contributed by atoms with E-state index in [9.17, 15) is 9.59 Å². The van der Waals surface area contributed by atoms with Crippen molar-refractivity contribution in [2.45, 2.75) is 25.7 Å². The summed E-state index contributed by atoms with van der Waals surface area (Å²) < 4.78 is 10.4. The van der Waals surface area contributed by atoms with Gasteiger partial charge in [0.05, 0.1) is 14.2 Å². The Balaban J connectivity index is 1.50. The zero-order valence-corrected chi connectivity index (χ0v) is 16.2. The highest BCUT2D eigenvalue weighted by Gasteiger charge is 2.30. The SMILES string of the molecule is COc1cccc(NC(=O)C2CCC(C(=O)Nc3cccc(OC)c3)CC2)c1. The largest absolute Gasteiger partial charge is 0.497 e. The lowest BCUT2D eigenvalue weighted by atomic mass is 9.81. The minimum Gasteiger partial charge on any atom is -0.497 e. The van der Waals surface area contributed by atoms with Crippen LogP contribution in [0.1, 0.15) is 25.7 Å². The lowest BCUT2D eigenvalue weighted by molar-refractivity contribution is -0.125. The van der Waals surface area contributed by atoms with Crippen LogP contribution in [0, 0.1) is 11.8 Å². The topological polar surface area (TPSA) is 76.7 Å². The van der Waals surface area contributed by atoms with Crippen molar-refractivity contribution in [3.8, 4) is 11.5 Å². The molecule has 1 aliphatic carbocycles. The van der Waals surface area contributed by atoms with E-state index in [4.69, 9.17) is 9.47 Å². The fraction of sp³-hybridized carbons (Fsp3) is 0.364. The van der Waals surface area contributed by atoms with Gasteiger partial charge in [-0.05, 0) is 49.9 Å². The van der Waals surface area contributed by atoms with Crippen LogP contribution in [-0.2, 0) is 9.59 Å². The Labute approximate surface area is 165 Å². The predicted molar refractivity (Wildman–Crippen MR) is 109 cm³/mol. The van der Waals surface area contributed by atoms with Gasteiger partial charge in [0, 0.05) is 35.3 Å². The Kier molecular flexibility index (Phi) is 6.53. The molecular formula is C22H26N2O4. The number of ether oxygens (including phenoxy) is 2. The van der Waals surface area contributed by atoms with E-state index in [0.717, 1.165) is 11.4 Å². The van der Waals surface area contributed by atoms with Crippen molar-refractivity contribution in [2.24, 2.45) is 11.8 Å². The first kappa shape index (κ1) is 19.7. The third-order valence-electron chi connectivity index (χ3n) is 5.14. The number of methoxy groups -OCH3 is 2. The van der Waals surface area contributed by atoms with Gasteiger partial charge in [0.15, 0.2) is 0 Å². The fourth-order valence-electron chi connectivity index (χ4n) is 3.51. The van der Waals surface area contributed by atoms with Crippen molar-refractivity contribution >= 4 is 23.2 Å². The number of hydrogen-bond acceptors (Lipinski definition) is 4. The van der Waals surface area contributed by atoms with Gasteiger partial charge in [-0.1, -0.05) is 12.1 Å². The number of benzene rings is 2. The Morgan fingerprint density at radius 1 is 0.750 bits per heavy atom. The molecule has 0 spiro atoms. The van der Waals surface area contributed by atoms with Crippen LogP contribution < -0.4 is 20.1 Å². The van der Waals surface area contributed by atoms with Crippen molar-refractivity contribution < 1.29 is 19.1 Å². The van der Waals surface area contributed by atoms with Crippen molar-refractivity contribution in [1.29, 1.82) is 0 Å². The van der Waals surface area contributed by atoms with Crippen molar-refractivity contribution in [3.05, 3.63) is 48.5 Å². The number of hydrogen-bond donors (Lipinski definition) is 2. The summed E-state index contributed by atoms with van der Waals surface area (Å²) in [6.07, 6.45) is 2.80. The van der Waals surface area contributed by atoms with Crippen LogP contribution >= 0.6 is 0 Å². The van der Waals surface area contributed by atoms with Crippen LogP contribution in [0.2, 0.25) is 0 Å². The Morgan fingerprint density at radius 3 is 1.50 bits per heavy atom. The summed E-state index contributed by atoms with van der Waals surface area (Å²) in [7, 11) is 3.19. The molecule has 0 radical (unpaired) electrons. The summed E-state index contributed by atoms with van der Waals surface area (Å²) in [4.78, 5) is 25.1. The van der Waals surface area contributed by atoms with Crippen LogP contribution in [-0.4, -0.2) is 26.0 Å². The second-order valence-corrected chi connectivity index (χ2v) is 6.99. The third-order valence-corrected chi connectivity index (χ3v) is 5.14. The molecule has 3 rings (SSSR count). The van der Waals surface area contributed by atoms with Gasteiger partial charge in [-0.25, -0.2) is 0 Å². The van der Waals surface area contributed by atoms with E-state index in [1.54, 1.807) is 26.4 Å². The number of amides is 2. The van der Waals surface area contributed by atoms with Crippen LogP contribution in [0.5, 0.6) is 11.5 Å². The number of rotatable bonds is 6. The Hall–Kier alpha value is -3.02. The average Bonchev–Trinajstić information content (AvgIpc) is 2.74. The molecule has 0 heterocycles. The van der Waals surface area contributed by atoms with Gasteiger partial charge >= 0.3 is 0 Å². The summed E-state index contributed by atoms with van der Waals surface area (Å²) in [6, 6.07) is 14.6. The van der Waals surface area contributed by atoms with Crippen LogP contribution in [0.15, 0.2) is 48.5 Å². The number of carbonyl (C=O) groups excluding carboxylic acids is 2. The molecule has 0 aromatic heterocycles. The molecule has 6 heteroatoms. The summed E-state index contributed by atoms with van der Waals surface area (Å²) in [5.74, 6) is 1.25. The van der Waals surface area contributed by atoms with Gasteiger partial charge in [0.1, 0.15) is 11.5 Å². The molecule has 2 amide bonds. The normalized spacial score (nSPS) is 18.8. The second kappa shape index (κ2) is 9.26. The predicted octanol–water partition coefficient (Wildman–Crippen LogP) is 4.09. The maximum absolute atomic E-state index is 12.5. The minimum absolute atomic E-state index is 0.0000861. The molecule has 0 saturated heterocycles. The van der Waals surface area contributed by atoms with Crippen molar-refractivity contribution in [2.75, 3.05) is 24.9 Å². The molecule has 1 fully saturated rings. The second-order valence-electron chi connectivity index (χ2n) is 6.99. The zero-order chi connectivity index (χ0) is 19.9. The zero-order valence-electron chi connectivity index (χ0n) is 16.2. The van der Waals surface area contributed by atoms with Gasteiger partial charge in [-0.2, -0.15) is 0 Å². The molecule has 2 N–H and O–H groups in total. The summed E-state index contributed by atoms with van der Waals surface area (Å²) in [6.45, 7) is 0. The van der Waals surface area contributed by atoms with Gasteiger partial charge < -0.3 is 20.1 Å². The summed E-state index contributed by atoms with van der Waals surface area (Å²) >= 11 is 0. The molecule has 0 unspecified atom stereocenters. The highest BCUT2D eigenvalue weighted by Crippen LogP contribution is 2.31.